The summed E-state index contributed by atoms with van der Waals surface area (Å²) in [5, 5.41) is 0. The van der Waals surface area contributed by atoms with Crippen LogP contribution in [0.1, 0.15) is 19.3 Å². The molecule has 0 spiro atoms. The smallest absolute Gasteiger partial charge is 0.0701 e. The molecule has 2 aliphatic rings. The minimum atomic E-state index is 0.398. The van der Waals surface area contributed by atoms with Gasteiger partial charge in [-0.1, -0.05) is 0 Å². The van der Waals surface area contributed by atoms with Crippen molar-refractivity contribution in [2.24, 2.45) is 16.8 Å². The van der Waals surface area contributed by atoms with Crippen LogP contribution in [-0.2, 0) is 4.74 Å². The molecule has 2 fully saturated rings. The van der Waals surface area contributed by atoms with Crippen LogP contribution in [0.25, 0.3) is 0 Å². The quantitative estimate of drug-likeness (QED) is 0.720. The maximum absolute atomic E-state index is 5.60. The lowest BCUT2D eigenvalue weighted by Crippen LogP contribution is -2.52. The second-order valence-electron chi connectivity index (χ2n) is 6.42. The number of rotatable bonds is 4. The van der Waals surface area contributed by atoms with Crippen LogP contribution >= 0.6 is 0 Å². The first-order valence-corrected chi connectivity index (χ1v) is 7.48. The average molecular weight is 267 g/mol. The lowest BCUT2D eigenvalue weighted by atomic mass is 9.80. The molecule has 110 valence electrons. The van der Waals surface area contributed by atoms with E-state index in [1.54, 1.807) is 0 Å². The van der Waals surface area contributed by atoms with Gasteiger partial charge in [0.1, 0.15) is 0 Å². The van der Waals surface area contributed by atoms with Gasteiger partial charge in [-0.15, -0.1) is 0 Å². The Kier molecular flexibility index (Phi) is 5.37. The van der Waals surface area contributed by atoms with Gasteiger partial charge in [-0.25, -0.2) is 0 Å². The maximum Gasteiger partial charge on any atom is 0.0701 e. The second-order valence-corrected chi connectivity index (χ2v) is 6.42. The zero-order valence-corrected chi connectivity index (χ0v) is 12.7. The summed E-state index contributed by atoms with van der Waals surface area (Å²) >= 11 is 0. The van der Waals surface area contributed by atoms with Crippen molar-refractivity contribution < 1.29 is 4.74 Å². The summed E-state index contributed by atoms with van der Waals surface area (Å²) in [4.78, 5) is 9.08. The SMILES string of the molecule is C=NCC1CCN(C)C(C2CC(OC)CN(C)C2)C1. The van der Waals surface area contributed by atoms with Crippen LogP contribution in [-0.4, -0.2) is 76.0 Å². The molecule has 2 saturated heterocycles. The highest BCUT2D eigenvalue weighted by molar-refractivity contribution is 5.23. The standard InChI is InChI=1S/C15H29N3O/c1-16-9-12-5-6-18(3)15(7-12)13-8-14(19-4)11-17(2)10-13/h12-15H,1,5-11H2,2-4H3. The van der Waals surface area contributed by atoms with Gasteiger partial charge in [0, 0.05) is 32.8 Å². The molecule has 0 N–H and O–H groups in total. The predicted octanol–water partition coefficient (Wildman–Crippen LogP) is 1.36. The van der Waals surface area contributed by atoms with Crippen molar-refractivity contribution in [3.63, 3.8) is 0 Å². The topological polar surface area (TPSA) is 28.1 Å². The van der Waals surface area contributed by atoms with Crippen molar-refractivity contribution in [3.8, 4) is 0 Å². The van der Waals surface area contributed by atoms with Crippen LogP contribution in [0.2, 0.25) is 0 Å². The third kappa shape index (κ3) is 3.77. The Morgan fingerprint density at radius 3 is 2.74 bits per heavy atom. The molecule has 4 unspecified atom stereocenters. The van der Waals surface area contributed by atoms with Gasteiger partial charge in [-0.05, 0) is 58.5 Å². The molecular formula is C15H29N3O. The molecule has 0 aromatic heterocycles. The van der Waals surface area contributed by atoms with Gasteiger partial charge in [-0.2, -0.15) is 0 Å². The molecule has 0 amide bonds. The van der Waals surface area contributed by atoms with Gasteiger partial charge in [-0.3, -0.25) is 0 Å². The molecule has 0 aliphatic carbocycles. The van der Waals surface area contributed by atoms with Crippen LogP contribution in [0, 0.1) is 11.8 Å². The van der Waals surface area contributed by atoms with Crippen molar-refractivity contribution in [1.82, 2.24) is 9.80 Å². The molecule has 2 aliphatic heterocycles. The van der Waals surface area contributed by atoms with E-state index < -0.39 is 0 Å². The highest BCUT2D eigenvalue weighted by Gasteiger charge is 2.36. The van der Waals surface area contributed by atoms with Crippen molar-refractivity contribution in [1.29, 1.82) is 0 Å². The van der Waals surface area contributed by atoms with Crippen molar-refractivity contribution in [2.45, 2.75) is 31.4 Å². The number of piperidine rings is 2. The van der Waals surface area contributed by atoms with Crippen LogP contribution in [0.4, 0.5) is 0 Å². The first kappa shape index (κ1) is 14.9. The van der Waals surface area contributed by atoms with E-state index in [-0.39, 0.29) is 0 Å². The fraction of sp³-hybridized carbons (Fsp3) is 0.933. The number of ether oxygens (including phenoxy) is 1. The number of aliphatic imine (C=N–C) groups is 1. The average Bonchev–Trinajstić information content (AvgIpc) is 2.40. The maximum atomic E-state index is 5.60. The lowest BCUT2D eigenvalue weighted by Gasteiger charge is -2.45. The third-order valence-corrected chi connectivity index (χ3v) is 4.92. The first-order chi connectivity index (χ1) is 9.13. The minimum absolute atomic E-state index is 0.398. The van der Waals surface area contributed by atoms with Crippen molar-refractivity contribution in [2.75, 3.05) is 47.4 Å². The van der Waals surface area contributed by atoms with E-state index >= 15 is 0 Å². The monoisotopic (exact) mass is 267 g/mol. The number of nitrogens with zero attached hydrogens (tertiary/aromatic N) is 3. The van der Waals surface area contributed by atoms with E-state index in [0.717, 1.165) is 24.9 Å². The summed E-state index contributed by atoms with van der Waals surface area (Å²) in [7, 11) is 6.33. The van der Waals surface area contributed by atoms with E-state index in [1.807, 2.05) is 7.11 Å². The number of hydrogen-bond donors (Lipinski definition) is 0. The Morgan fingerprint density at radius 2 is 2.05 bits per heavy atom. The summed E-state index contributed by atoms with van der Waals surface area (Å²) in [6.45, 7) is 8.05. The van der Waals surface area contributed by atoms with Gasteiger partial charge in [0.25, 0.3) is 0 Å². The zero-order chi connectivity index (χ0) is 13.8. The lowest BCUT2D eigenvalue weighted by molar-refractivity contribution is -0.0179. The Labute approximate surface area is 117 Å². The Bertz CT molecular complexity index is 297. The highest BCUT2D eigenvalue weighted by atomic mass is 16.5. The van der Waals surface area contributed by atoms with Crippen LogP contribution in [0.5, 0.6) is 0 Å². The van der Waals surface area contributed by atoms with E-state index in [0.29, 0.717) is 12.1 Å². The second kappa shape index (κ2) is 6.82. The highest BCUT2D eigenvalue weighted by Crippen LogP contribution is 2.31. The molecule has 2 heterocycles. The molecule has 4 atom stereocenters. The van der Waals surface area contributed by atoms with Gasteiger partial charge >= 0.3 is 0 Å². The van der Waals surface area contributed by atoms with Crippen LogP contribution < -0.4 is 0 Å². The molecule has 0 saturated carbocycles. The van der Waals surface area contributed by atoms with E-state index in [1.165, 1.54) is 32.4 Å². The number of methoxy groups -OCH3 is 1. The normalized spacial score (nSPS) is 38.3. The minimum Gasteiger partial charge on any atom is -0.380 e. The van der Waals surface area contributed by atoms with Crippen molar-refractivity contribution in [3.05, 3.63) is 0 Å². The van der Waals surface area contributed by atoms with E-state index in [4.69, 9.17) is 4.74 Å². The summed E-state index contributed by atoms with van der Waals surface area (Å²) in [5.41, 5.74) is 0. The molecule has 0 aromatic rings. The Balaban J connectivity index is 1.99. The van der Waals surface area contributed by atoms with Crippen LogP contribution in [0.3, 0.4) is 0 Å². The molecule has 4 heteroatoms. The van der Waals surface area contributed by atoms with Gasteiger partial charge in [0.15, 0.2) is 0 Å². The number of likely N-dealkylation sites (tertiary alicyclic amines) is 2. The molecule has 19 heavy (non-hydrogen) atoms. The summed E-state index contributed by atoms with van der Waals surface area (Å²) < 4.78 is 5.60. The molecule has 0 radical (unpaired) electrons. The van der Waals surface area contributed by atoms with Crippen molar-refractivity contribution >= 4 is 6.72 Å². The summed E-state index contributed by atoms with van der Waals surface area (Å²) in [6, 6.07) is 0.681. The summed E-state index contributed by atoms with van der Waals surface area (Å²) in [5.74, 6) is 1.45. The van der Waals surface area contributed by atoms with Crippen LogP contribution in [0.15, 0.2) is 4.99 Å². The third-order valence-electron chi connectivity index (χ3n) is 4.92. The summed E-state index contributed by atoms with van der Waals surface area (Å²) in [6.07, 6.45) is 4.13. The molecule has 0 aromatic carbocycles. The van der Waals surface area contributed by atoms with E-state index in [2.05, 4.69) is 35.6 Å². The molecule has 0 bridgehead atoms. The number of hydrogen-bond acceptors (Lipinski definition) is 4. The zero-order valence-electron chi connectivity index (χ0n) is 12.7. The first-order valence-electron chi connectivity index (χ1n) is 7.48. The van der Waals surface area contributed by atoms with Gasteiger partial charge < -0.3 is 19.5 Å². The Hall–Kier alpha value is -0.450. The van der Waals surface area contributed by atoms with Gasteiger partial charge in [0.2, 0.25) is 0 Å². The van der Waals surface area contributed by atoms with E-state index in [9.17, 15) is 0 Å². The molecule has 4 nitrogen and oxygen atoms in total. The fourth-order valence-corrected chi connectivity index (χ4v) is 3.85. The van der Waals surface area contributed by atoms with Gasteiger partial charge in [0.05, 0.1) is 6.10 Å². The largest absolute Gasteiger partial charge is 0.380 e. The molecule has 2 rings (SSSR count). The number of likely N-dealkylation sites (N-methyl/N-ethyl adjacent to an activating group) is 1. The predicted molar refractivity (Wildman–Crippen MR) is 80.0 cm³/mol. The Morgan fingerprint density at radius 1 is 1.26 bits per heavy atom. The fourth-order valence-electron chi connectivity index (χ4n) is 3.85. The molecular weight excluding hydrogens is 238 g/mol.